The minimum atomic E-state index is -1.23. The molecule has 0 unspecified atom stereocenters. The van der Waals surface area contributed by atoms with E-state index in [-0.39, 0.29) is 37.4 Å². The third-order valence-electron chi connectivity index (χ3n) is 3.92. The fraction of sp³-hybridized carbons (Fsp3) is 0.529. The molecule has 0 radical (unpaired) electrons. The van der Waals surface area contributed by atoms with E-state index in [2.05, 4.69) is 10.6 Å². The molecule has 1 aliphatic rings. The first-order chi connectivity index (χ1) is 11.6. The van der Waals surface area contributed by atoms with E-state index in [0.29, 0.717) is 0 Å². The molecule has 8 heteroatoms. The monoisotopic (exact) mass is 351 g/mol. The molecular weight excluding hydrogens is 326 g/mol. The molecule has 4 N–H and O–H groups in total. The van der Waals surface area contributed by atoms with Gasteiger partial charge in [-0.15, -0.1) is 0 Å². The lowest BCUT2D eigenvalue weighted by molar-refractivity contribution is -0.138. The van der Waals surface area contributed by atoms with Crippen LogP contribution in [0.2, 0.25) is 0 Å². The fourth-order valence-electron chi connectivity index (χ4n) is 2.61. The summed E-state index contributed by atoms with van der Waals surface area (Å²) >= 11 is 0. The van der Waals surface area contributed by atoms with Crippen LogP contribution in [-0.2, 0) is 9.53 Å². The molecule has 8 nitrogen and oxygen atoms in total. The number of nitrogens with one attached hydrogen (secondary N) is 2. The number of carbonyl (C=O) groups excluding carboxylic acids is 2. The van der Waals surface area contributed by atoms with Gasteiger partial charge in [-0.2, -0.15) is 5.06 Å². The number of hydroxylamine groups is 2. The summed E-state index contributed by atoms with van der Waals surface area (Å²) in [5.41, 5.74) is -1.68. The van der Waals surface area contributed by atoms with Crippen molar-refractivity contribution >= 4 is 17.7 Å². The van der Waals surface area contributed by atoms with Crippen LogP contribution >= 0.6 is 0 Å². The van der Waals surface area contributed by atoms with Crippen LogP contribution in [-0.4, -0.2) is 51.6 Å². The van der Waals surface area contributed by atoms with Crippen LogP contribution < -0.4 is 10.6 Å². The van der Waals surface area contributed by atoms with Crippen LogP contribution in [0.5, 0.6) is 5.75 Å². The van der Waals surface area contributed by atoms with Gasteiger partial charge in [0, 0.05) is 13.1 Å². The van der Waals surface area contributed by atoms with Crippen LogP contribution in [0.1, 0.15) is 33.6 Å². The van der Waals surface area contributed by atoms with E-state index in [1.807, 2.05) is 0 Å². The highest BCUT2D eigenvalue weighted by Gasteiger charge is 2.43. The molecule has 0 aromatic heterocycles. The number of hydrogen-bond donors (Lipinski definition) is 4. The zero-order chi connectivity index (χ0) is 18.7. The average Bonchev–Trinajstić information content (AvgIpc) is 2.50. The number of ether oxygens (including phenoxy) is 1. The SMILES string of the molecule is CC(C)(C)OC(=O)NC1(C(=O)Nc2ccccc2O)CCN(O)CC1. The van der Waals surface area contributed by atoms with Crippen molar-refractivity contribution in [1.29, 1.82) is 0 Å². The number of nitrogens with zero attached hydrogens (tertiary/aromatic N) is 1. The van der Waals surface area contributed by atoms with Gasteiger partial charge in [-0.05, 0) is 45.7 Å². The topological polar surface area (TPSA) is 111 Å². The Balaban J connectivity index is 2.18. The first-order valence-corrected chi connectivity index (χ1v) is 8.16. The number of phenolic OH excluding ortho intramolecular Hbond substituents is 1. The average molecular weight is 351 g/mol. The summed E-state index contributed by atoms with van der Waals surface area (Å²) in [6, 6.07) is 6.35. The van der Waals surface area contributed by atoms with E-state index in [1.54, 1.807) is 39.0 Å². The van der Waals surface area contributed by atoms with Crippen LogP contribution in [0.3, 0.4) is 0 Å². The van der Waals surface area contributed by atoms with Crippen molar-refractivity contribution in [1.82, 2.24) is 10.4 Å². The zero-order valence-electron chi connectivity index (χ0n) is 14.7. The Hall–Kier alpha value is -2.32. The number of para-hydroxylation sites is 2. The number of anilines is 1. The number of amides is 2. The largest absolute Gasteiger partial charge is 0.506 e. The molecule has 0 atom stereocenters. The molecule has 1 heterocycles. The van der Waals surface area contributed by atoms with Crippen molar-refractivity contribution in [3.8, 4) is 5.75 Å². The lowest BCUT2D eigenvalue weighted by atomic mass is 9.87. The minimum absolute atomic E-state index is 0.0668. The van der Waals surface area contributed by atoms with Gasteiger partial charge in [0.15, 0.2) is 0 Å². The van der Waals surface area contributed by atoms with E-state index >= 15 is 0 Å². The zero-order valence-corrected chi connectivity index (χ0v) is 14.7. The molecule has 0 bridgehead atoms. The predicted octanol–water partition coefficient (Wildman–Crippen LogP) is 2.08. The second-order valence-electron chi connectivity index (χ2n) is 7.13. The molecule has 2 rings (SSSR count). The first-order valence-electron chi connectivity index (χ1n) is 8.16. The quantitative estimate of drug-likeness (QED) is 0.621. The van der Waals surface area contributed by atoms with Crippen LogP contribution in [0.4, 0.5) is 10.5 Å². The van der Waals surface area contributed by atoms with Gasteiger partial charge in [0.1, 0.15) is 16.9 Å². The Morgan fingerprint density at radius 2 is 1.80 bits per heavy atom. The molecule has 138 valence electrons. The second-order valence-corrected chi connectivity index (χ2v) is 7.13. The van der Waals surface area contributed by atoms with Gasteiger partial charge in [-0.25, -0.2) is 4.79 Å². The minimum Gasteiger partial charge on any atom is -0.506 e. The molecule has 0 saturated carbocycles. The van der Waals surface area contributed by atoms with Crippen molar-refractivity contribution in [2.75, 3.05) is 18.4 Å². The predicted molar refractivity (Wildman–Crippen MR) is 91.4 cm³/mol. The van der Waals surface area contributed by atoms with Crippen LogP contribution in [0.25, 0.3) is 0 Å². The van der Waals surface area contributed by atoms with Gasteiger partial charge in [-0.3, -0.25) is 4.79 Å². The highest BCUT2D eigenvalue weighted by atomic mass is 16.6. The third-order valence-corrected chi connectivity index (χ3v) is 3.92. The number of aromatic hydroxyl groups is 1. The maximum absolute atomic E-state index is 12.9. The van der Waals surface area contributed by atoms with Gasteiger partial charge in [0.2, 0.25) is 5.91 Å². The third kappa shape index (κ3) is 5.07. The summed E-state index contributed by atoms with van der Waals surface area (Å²) in [5.74, 6) is -0.532. The lowest BCUT2D eigenvalue weighted by Gasteiger charge is -2.39. The molecule has 1 aromatic carbocycles. The summed E-state index contributed by atoms with van der Waals surface area (Å²) in [5, 5.41) is 25.8. The molecule has 0 aliphatic carbocycles. The summed E-state index contributed by atoms with van der Waals surface area (Å²) in [6.07, 6.45) is -0.282. The Labute approximate surface area is 146 Å². The van der Waals surface area contributed by atoms with E-state index in [1.165, 1.54) is 6.07 Å². The van der Waals surface area contributed by atoms with E-state index in [9.17, 15) is 19.9 Å². The molecule has 1 saturated heterocycles. The van der Waals surface area contributed by atoms with Crippen molar-refractivity contribution in [2.45, 2.75) is 44.8 Å². The number of hydrogen-bond acceptors (Lipinski definition) is 6. The van der Waals surface area contributed by atoms with Crippen molar-refractivity contribution in [3.05, 3.63) is 24.3 Å². The molecule has 0 spiro atoms. The Morgan fingerprint density at radius 1 is 1.20 bits per heavy atom. The van der Waals surface area contributed by atoms with Gasteiger partial charge in [0.25, 0.3) is 0 Å². The summed E-state index contributed by atoms with van der Waals surface area (Å²) < 4.78 is 5.26. The number of phenols is 1. The molecule has 1 fully saturated rings. The highest BCUT2D eigenvalue weighted by Crippen LogP contribution is 2.27. The standard InChI is InChI=1S/C17H25N3O5/c1-16(2,3)25-15(23)19-17(8-10-20(24)11-9-17)14(22)18-12-6-4-5-7-13(12)21/h4-7,21,24H,8-11H2,1-3H3,(H,18,22)(H,19,23). The Bertz CT molecular complexity index is 633. The normalized spacial score (nSPS) is 17.6. The number of benzene rings is 1. The van der Waals surface area contributed by atoms with E-state index < -0.39 is 23.1 Å². The lowest BCUT2D eigenvalue weighted by Crippen LogP contribution is -2.62. The molecule has 1 aromatic rings. The number of alkyl carbamates (subject to hydrolysis) is 1. The molecule has 25 heavy (non-hydrogen) atoms. The van der Waals surface area contributed by atoms with Crippen molar-refractivity contribution in [2.24, 2.45) is 0 Å². The smallest absolute Gasteiger partial charge is 0.408 e. The molecule has 2 amide bonds. The van der Waals surface area contributed by atoms with Crippen molar-refractivity contribution < 1.29 is 24.6 Å². The molecular formula is C17H25N3O5. The van der Waals surface area contributed by atoms with E-state index in [4.69, 9.17) is 4.74 Å². The fourth-order valence-corrected chi connectivity index (χ4v) is 2.61. The van der Waals surface area contributed by atoms with Gasteiger partial charge >= 0.3 is 6.09 Å². The maximum Gasteiger partial charge on any atom is 0.408 e. The summed E-state index contributed by atoms with van der Waals surface area (Å²) in [4.78, 5) is 25.1. The number of rotatable bonds is 3. The Kier molecular flexibility index (Phi) is 5.54. The van der Waals surface area contributed by atoms with Gasteiger partial charge in [-0.1, -0.05) is 12.1 Å². The summed E-state index contributed by atoms with van der Waals surface area (Å²) in [6.45, 7) is 5.65. The van der Waals surface area contributed by atoms with Gasteiger partial charge < -0.3 is 25.7 Å². The van der Waals surface area contributed by atoms with Crippen LogP contribution in [0, 0.1) is 0 Å². The van der Waals surface area contributed by atoms with Gasteiger partial charge in [0.05, 0.1) is 5.69 Å². The first kappa shape index (κ1) is 19.0. The second kappa shape index (κ2) is 7.28. The van der Waals surface area contributed by atoms with Crippen molar-refractivity contribution in [3.63, 3.8) is 0 Å². The number of carbonyl (C=O) groups is 2. The maximum atomic E-state index is 12.9. The van der Waals surface area contributed by atoms with Crippen LogP contribution in [0.15, 0.2) is 24.3 Å². The van der Waals surface area contributed by atoms with E-state index in [0.717, 1.165) is 5.06 Å². The Morgan fingerprint density at radius 3 is 2.36 bits per heavy atom. The summed E-state index contributed by atoms with van der Waals surface area (Å²) in [7, 11) is 0. The number of piperidine rings is 1. The highest BCUT2D eigenvalue weighted by molar-refractivity contribution is 6.01. The molecule has 1 aliphatic heterocycles.